The maximum Gasteiger partial charge on any atom is 0.118 e. The topological polar surface area (TPSA) is 9.23 Å². The molecule has 4 rings (SSSR count). The van der Waals surface area contributed by atoms with Gasteiger partial charge >= 0.3 is 0 Å². The summed E-state index contributed by atoms with van der Waals surface area (Å²) in [6, 6.07) is 36.6. The molecule has 0 bridgehead atoms. The van der Waals surface area contributed by atoms with E-state index in [1.807, 2.05) is 24.3 Å². The first-order chi connectivity index (χ1) is 12.8. The van der Waals surface area contributed by atoms with Crippen LogP contribution in [0.5, 0.6) is 5.75 Å². The Hall–Kier alpha value is -2.22. The van der Waals surface area contributed by atoms with Crippen LogP contribution in [-0.2, 0) is 32.7 Å². The van der Waals surface area contributed by atoms with Gasteiger partial charge in [-0.1, -0.05) is 60.7 Å². The van der Waals surface area contributed by atoms with Crippen LogP contribution in [0, 0.1) is 6.07 Å². The van der Waals surface area contributed by atoms with E-state index in [-0.39, 0.29) is 32.7 Å². The standard InChI is InChI=1S/C25H19O.Y/c1-26-25-17-15-24(16-18-25)23-13-11-22(12-14-23)21-9-7-20(8-10-21)19-5-3-2-4-6-19;/h3-18H,1H3;/q-1;. The van der Waals surface area contributed by atoms with Crippen molar-refractivity contribution in [1.29, 1.82) is 0 Å². The fourth-order valence-electron chi connectivity index (χ4n) is 3.07. The van der Waals surface area contributed by atoms with Crippen molar-refractivity contribution in [3.8, 4) is 39.1 Å². The van der Waals surface area contributed by atoms with Gasteiger partial charge in [0, 0.05) is 32.7 Å². The molecule has 0 atom stereocenters. The Morgan fingerprint density at radius 2 is 0.778 bits per heavy atom. The summed E-state index contributed by atoms with van der Waals surface area (Å²) in [5.41, 5.74) is 7.26. The van der Waals surface area contributed by atoms with Crippen molar-refractivity contribution in [3.05, 3.63) is 103 Å². The maximum absolute atomic E-state index is 5.22. The van der Waals surface area contributed by atoms with E-state index in [1.165, 1.54) is 33.4 Å². The first-order valence-electron chi connectivity index (χ1n) is 8.65. The molecule has 2 heteroatoms. The van der Waals surface area contributed by atoms with Crippen LogP contribution in [0.25, 0.3) is 33.4 Å². The van der Waals surface area contributed by atoms with Gasteiger partial charge in [-0.25, -0.2) is 0 Å². The third-order valence-corrected chi connectivity index (χ3v) is 4.58. The number of benzene rings is 4. The summed E-state index contributed by atoms with van der Waals surface area (Å²) in [5.74, 6) is 0.877. The third-order valence-electron chi connectivity index (χ3n) is 4.58. The minimum Gasteiger partial charge on any atom is -0.497 e. The van der Waals surface area contributed by atoms with Gasteiger partial charge in [-0.15, -0.1) is 5.56 Å². The summed E-state index contributed by atoms with van der Waals surface area (Å²) < 4.78 is 5.22. The van der Waals surface area contributed by atoms with Gasteiger partial charge in [0.25, 0.3) is 0 Å². The molecule has 0 amide bonds. The molecule has 0 aliphatic heterocycles. The largest absolute Gasteiger partial charge is 0.497 e. The van der Waals surface area contributed by atoms with E-state index in [1.54, 1.807) is 7.11 Å². The van der Waals surface area contributed by atoms with Crippen molar-refractivity contribution in [2.75, 3.05) is 7.11 Å². The smallest absolute Gasteiger partial charge is 0.118 e. The Morgan fingerprint density at radius 1 is 0.481 bits per heavy atom. The van der Waals surface area contributed by atoms with E-state index >= 15 is 0 Å². The van der Waals surface area contributed by atoms with Crippen LogP contribution in [-0.4, -0.2) is 7.11 Å². The second-order valence-corrected chi connectivity index (χ2v) is 6.17. The van der Waals surface area contributed by atoms with Gasteiger partial charge in [-0.3, -0.25) is 0 Å². The molecule has 0 saturated heterocycles. The molecule has 0 aliphatic rings. The summed E-state index contributed by atoms with van der Waals surface area (Å²) in [4.78, 5) is 0. The number of hydrogen-bond acceptors (Lipinski definition) is 1. The maximum atomic E-state index is 5.22. The Labute approximate surface area is 185 Å². The summed E-state index contributed by atoms with van der Waals surface area (Å²) in [5, 5.41) is 0. The third kappa shape index (κ3) is 4.55. The number of methoxy groups -OCH3 is 1. The average Bonchev–Trinajstić information content (AvgIpc) is 2.75. The molecule has 27 heavy (non-hydrogen) atoms. The Morgan fingerprint density at radius 3 is 1.11 bits per heavy atom. The molecule has 129 valence electrons. The molecule has 0 fully saturated rings. The van der Waals surface area contributed by atoms with Gasteiger partial charge in [-0.2, -0.15) is 30.3 Å². The molecule has 0 aliphatic carbocycles. The molecule has 4 aromatic carbocycles. The van der Waals surface area contributed by atoms with E-state index in [0.717, 1.165) is 5.75 Å². The van der Waals surface area contributed by atoms with Crippen LogP contribution in [0.1, 0.15) is 0 Å². The molecule has 0 spiro atoms. The number of ether oxygens (including phenoxy) is 1. The first kappa shape index (κ1) is 19.5. The van der Waals surface area contributed by atoms with E-state index in [2.05, 4.69) is 78.9 Å². The molecule has 0 aromatic heterocycles. The number of hydrogen-bond donors (Lipinski definition) is 0. The summed E-state index contributed by atoms with van der Waals surface area (Å²) >= 11 is 0. The molecule has 1 nitrogen and oxygen atoms in total. The summed E-state index contributed by atoms with van der Waals surface area (Å²) in [6.45, 7) is 0. The van der Waals surface area contributed by atoms with Crippen molar-refractivity contribution in [2.45, 2.75) is 0 Å². The molecule has 0 saturated carbocycles. The Bertz CT molecular complexity index is 973. The van der Waals surface area contributed by atoms with E-state index in [0.29, 0.717) is 0 Å². The van der Waals surface area contributed by atoms with Crippen molar-refractivity contribution in [3.63, 3.8) is 0 Å². The van der Waals surface area contributed by atoms with Gasteiger partial charge in [0.1, 0.15) is 5.75 Å². The van der Waals surface area contributed by atoms with E-state index < -0.39 is 0 Å². The molecular weight excluding hydrogens is 405 g/mol. The molecule has 1 radical (unpaired) electrons. The Kier molecular flexibility index (Phi) is 6.60. The fraction of sp³-hybridized carbons (Fsp3) is 0.0400. The van der Waals surface area contributed by atoms with Crippen LogP contribution in [0.15, 0.2) is 97.1 Å². The van der Waals surface area contributed by atoms with E-state index in [4.69, 9.17) is 4.74 Å². The molecule has 4 aromatic rings. The van der Waals surface area contributed by atoms with Crippen LogP contribution in [0.4, 0.5) is 0 Å². The van der Waals surface area contributed by atoms with Gasteiger partial charge in [0.2, 0.25) is 0 Å². The van der Waals surface area contributed by atoms with Crippen LogP contribution < -0.4 is 4.74 Å². The van der Waals surface area contributed by atoms with Gasteiger partial charge in [0.15, 0.2) is 0 Å². The van der Waals surface area contributed by atoms with Crippen molar-refractivity contribution in [1.82, 2.24) is 0 Å². The first-order valence-corrected chi connectivity index (χ1v) is 8.65. The van der Waals surface area contributed by atoms with Crippen molar-refractivity contribution < 1.29 is 37.4 Å². The Balaban J connectivity index is 0.00000210. The minimum atomic E-state index is 0. The normalized spacial score (nSPS) is 10.1. The van der Waals surface area contributed by atoms with Crippen LogP contribution in [0.2, 0.25) is 0 Å². The molecule has 0 heterocycles. The molecule has 0 unspecified atom stereocenters. The number of rotatable bonds is 4. The zero-order valence-corrected chi connectivity index (χ0v) is 18.1. The van der Waals surface area contributed by atoms with Crippen LogP contribution in [0.3, 0.4) is 0 Å². The van der Waals surface area contributed by atoms with Gasteiger partial charge in [0.05, 0.1) is 7.11 Å². The quantitative estimate of drug-likeness (QED) is 0.340. The minimum absolute atomic E-state index is 0. The second-order valence-electron chi connectivity index (χ2n) is 6.17. The second kappa shape index (κ2) is 9.12. The fourth-order valence-corrected chi connectivity index (χ4v) is 3.07. The summed E-state index contributed by atoms with van der Waals surface area (Å²) in [6.07, 6.45) is 0. The van der Waals surface area contributed by atoms with Gasteiger partial charge in [-0.05, 0) is 39.9 Å². The zero-order chi connectivity index (χ0) is 17.8. The summed E-state index contributed by atoms with van der Waals surface area (Å²) in [7, 11) is 1.69. The predicted octanol–water partition coefficient (Wildman–Crippen LogP) is 6.49. The molecule has 0 N–H and O–H groups in total. The van der Waals surface area contributed by atoms with Gasteiger partial charge < -0.3 is 4.74 Å². The zero-order valence-electron chi connectivity index (χ0n) is 15.2. The van der Waals surface area contributed by atoms with Crippen molar-refractivity contribution >= 4 is 0 Å². The molecular formula is C25H19OY-. The SMILES string of the molecule is COc1ccc(-c2ccc(-c3ccc(-c4cc[c-]cc4)cc3)cc2)cc1.[Y]. The van der Waals surface area contributed by atoms with Crippen LogP contribution >= 0.6 is 0 Å². The average molecular weight is 424 g/mol. The van der Waals surface area contributed by atoms with E-state index in [9.17, 15) is 0 Å². The predicted molar refractivity (Wildman–Crippen MR) is 108 cm³/mol. The van der Waals surface area contributed by atoms with Crippen molar-refractivity contribution in [2.24, 2.45) is 0 Å². The monoisotopic (exact) mass is 424 g/mol.